The Kier molecular flexibility index (Phi) is 5.57. The zero-order valence-corrected chi connectivity index (χ0v) is 18.2. The summed E-state index contributed by atoms with van der Waals surface area (Å²) in [4.78, 5) is 18.0. The molecule has 1 unspecified atom stereocenters. The van der Waals surface area contributed by atoms with Crippen molar-refractivity contribution < 1.29 is 4.74 Å². The van der Waals surface area contributed by atoms with Gasteiger partial charge in [0.25, 0.3) is 5.56 Å². The zero-order chi connectivity index (χ0) is 20.5. The molecule has 0 radical (unpaired) electrons. The monoisotopic (exact) mass is 420 g/mol. The number of thioether (sulfide) groups is 1. The van der Waals surface area contributed by atoms with Gasteiger partial charge in [-0.1, -0.05) is 30.3 Å². The third kappa shape index (κ3) is 3.88. The largest absolute Gasteiger partial charge is 0.490 e. The molecule has 0 amide bonds. The minimum Gasteiger partial charge on any atom is -0.490 e. The second-order valence-electron chi connectivity index (χ2n) is 8.36. The van der Waals surface area contributed by atoms with Gasteiger partial charge in [-0.15, -0.1) is 0 Å². The molecular weight excluding hydrogens is 392 g/mol. The number of aromatic amines is 1. The molecule has 1 saturated heterocycles. The van der Waals surface area contributed by atoms with Crippen LogP contribution in [-0.4, -0.2) is 34.8 Å². The van der Waals surface area contributed by atoms with Crippen LogP contribution in [-0.2, 0) is 12.2 Å². The van der Waals surface area contributed by atoms with E-state index in [1.54, 1.807) is 0 Å². The Morgan fingerprint density at radius 2 is 1.90 bits per heavy atom. The summed E-state index contributed by atoms with van der Waals surface area (Å²) < 4.78 is 6.39. The predicted octanol–water partition coefficient (Wildman–Crippen LogP) is 4.92. The van der Waals surface area contributed by atoms with Gasteiger partial charge < -0.3 is 9.72 Å². The molecule has 2 aliphatic heterocycles. The maximum Gasteiger partial charge on any atom is 0.252 e. The molecule has 3 heterocycles. The molecule has 0 spiro atoms. The maximum absolute atomic E-state index is 12.4. The van der Waals surface area contributed by atoms with Gasteiger partial charge >= 0.3 is 0 Å². The Morgan fingerprint density at radius 1 is 1.10 bits per heavy atom. The maximum atomic E-state index is 12.4. The summed E-state index contributed by atoms with van der Waals surface area (Å²) in [5.74, 6) is 2.81. The van der Waals surface area contributed by atoms with Crippen LogP contribution in [0.25, 0.3) is 10.9 Å². The first-order valence-electron chi connectivity index (χ1n) is 10.9. The standard InChI is InChI=1S/C25H28N2O2S/c1-17(18-5-3-2-4-6-18)27-12-9-19(10-13-27)29-20-7-8-24-22(15-20)21-11-14-30-16-23(21)25(28)26-24/h2-8,15,17,19H,9-14,16H2,1H3,(H,26,28). The van der Waals surface area contributed by atoms with E-state index in [-0.39, 0.29) is 11.7 Å². The Hall–Kier alpha value is -2.24. The number of likely N-dealkylation sites (tertiary alicyclic amines) is 1. The van der Waals surface area contributed by atoms with E-state index in [1.165, 1.54) is 11.1 Å². The van der Waals surface area contributed by atoms with Crippen molar-refractivity contribution in [2.24, 2.45) is 0 Å². The Labute approximate surface area is 181 Å². The molecular formula is C25H28N2O2S. The molecule has 0 bridgehead atoms. The number of hydrogen-bond donors (Lipinski definition) is 1. The summed E-state index contributed by atoms with van der Waals surface area (Å²) in [5.41, 5.74) is 4.52. The van der Waals surface area contributed by atoms with Gasteiger partial charge in [0.15, 0.2) is 0 Å². The van der Waals surface area contributed by atoms with Crippen molar-refractivity contribution in [2.75, 3.05) is 18.8 Å². The minimum atomic E-state index is 0.0678. The van der Waals surface area contributed by atoms with Crippen LogP contribution in [0.1, 0.15) is 42.5 Å². The number of nitrogens with one attached hydrogen (secondary N) is 1. The van der Waals surface area contributed by atoms with Gasteiger partial charge in [0, 0.05) is 41.4 Å². The quantitative estimate of drug-likeness (QED) is 0.651. The average Bonchev–Trinajstić information content (AvgIpc) is 2.80. The number of aromatic nitrogens is 1. The van der Waals surface area contributed by atoms with Crippen LogP contribution in [0.2, 0.25) is 0 Å². The van der Waals surface area contributed by atoms with E-state index < -0.39 is 0 Å². The lowest BCUT2D eigenvalue weighted by atomic mass is 10.0. The predicted molar refractivity (Wildman–Crippen MR) is 125 cm³/mol. The highest BCUT2D eigenvalue weighted by Crippen LogP contribution is 2.31. The van der Waals surface area contributed by atoms with Crippen molar-refractivity contribution in [3.63, 3.8) is 0 Å². The minimum absolute atomic E-state index is 0.0678. The van der Waals surface area contributed by atoms with Crippen LogP contribution in [0.4, 0.5) is 0 Å². The van der Waals surface area contributed by atoms with Gasteiger partial charge in [0.2, 0.25) is 0 Å². The van der Waals surface area contributed by atoms with Crippen molar-refractivity contribution in [3.05, 3.63) is 75.6 Å². The Balaban J connectivity index is 1.29. The van der Waals surface area contributed by atoms with E-state index >= 15 is 0 Å². The van der Waals surface area contributed by atoms with Crippen molar-refractivity contribution >= 4 is 22.7 Å². The van der Waals surface area contributed by atoms with Crippen molar-refractivity contribution in [2.45, 2.75) is 44.1 Å². The molecule has 0 aliphatic carbocycles. The molecule has 1 aromatic heterocycles. The number of H-pyrrole nitrogens is 1. The molecule has 0 saturated carbocycles. The highest BCUT2D eigenvalue weighted by molar-refractivity contribution is 7.98. The smallest absolute Gasteiger partial charge is 0.252 e. The SMILES string of the molecule is CC(c1ccccc1)N1CCC(Oc2ccc3[nH]c(=O)c4c(c3c2)CCSC4)CC1. The lowest BCUT2D eigenvalue weighted by molar-refractivity contribution is 0.0798. The molecule has 1 fully saturated rings. The molecule has 2 aromatic carbocycles. The molecule has 3 aromatic rings. The summed E-state index contributed by atoms with van der Waals surface area (Å²) in [6.45, 7) is 4.39. The molecule has 1 N–H and O–H groups in total. The topological polar surface area (TPSA) is 45.3 Å². The Bertz CT molecular complexity index is 1090. The summed E-state index contributed by atoms with van der Waals surface area (Å²) in [7, 11) is 0. The lowest BCUT2D eigenvalue weighted by Gasteiger charge is -2.36. The number of ether oxygens (including phenoxy) is 1. The fourth-order valence-electron chi connectivity index (χ4n) is 4.76. The van der Waals surface area contributed by atoms with Gasteiger partial charge in [-0.2, -0.15) is 11.8 Å². The lowest BCUT2D eigenvalue weighted by Crippen LogP contribution is -2.39. The summed E-state index contributed by atoms with van der Waals surface area (Å²) >= 11 is 1.84. The number of nitrogens with zero attached hydrogens (tertiary/aromatic N) is 1. The van der Waals surface area contributed by atoms with E-state index in [4.69, 9.17) is 4.74 Å². The number of pyridine rings is 1. The fourth-order valence-corrected chi connectivity index (χ4v) is 5.76. The highest BCUT2D eigenvalue weighted by Gasteiger charge is 2.25. The van der Waals surface area contributed by atoms with Crippen LogP contribution >= 0.6 is 11.8 Å². The first kappa shape index (κ1) is 19.7. The molecule has 5 rings (SSSR count). The number of hydrogen-bond acceptors (Lipinski definition) is 4. The van der Waals surface area contributed by atoms with E-state index in [1.807, 2.05) is 23.9 Å². The van der Waals surface area contributed by atoms with Crippen LogP contribution in [0, 0.1) is 0 Å². The highest BCUT2D eigenvalue weighted by atomic mass is 32.2. The second kappa shape index (κ2) is 8.48. The summed E-state index contributed by atoms with van der Waals surface area (Å²) in [6.07, 6.45) is 3.28. The van der Waals surface area contributed by atoms with E-state index in [2.05, 4.69) is 53.2 Å². The summed E-state index contributed by atoms with van der Waals surface area (Å²) in [5, 5.41) is 1.15. The van der Waals surface area contributed by atoms with Crippen LogP contribution in [0.5, 0.6) is 5.75 Å². The number of piperidine rings is 1. The van der Waals surface area contributed by atoms with Crippen molar-refractivity contribution in [1.82, 2.24) is 9.88 Å². The third-order valence-electron chi connectivity index (χ3n) is 6.55. The van der Waals surface area contributed by atoms with Crippen LogP contribution < -0.4 is 10.3 Å². The van der Waals surface area contributed by atoms with Gasteiger partial charge in [0.05, 0.1) is 0 Å². The van der Waals surface area contributed by atoms with E-state index in [9.17, 15) is 4.79 Å². The second-order valence-corrected chi connectivity index (χ2v) is 9.47. The number of aryl methyl sites for hydroxylation is 1. The van der Waals surface area contributed by atoms with Crippen molar-refractivity contribution in [3.8, 4) is 5.75 Å². The Morgan fingerprint density at radius 3 is 2.70 bits per heavy atom. The van der Waals surface area contributed by atoms with Crippen LogP contribution in [0.15, 0.2) is 53.3 Å². The first-order chi connectivity index (χ1) is 14.7. The average molecular weight is 421 g/mol. The molecule has 1 atom stereocenters. The molecule has 156 valence electrons. The van der Waals surface area contributed by atoms with Gasteiger partial charge in [-0.25, -0.2) is 0 Å². The molecule has 30 heavy (non-hydrogen) atoms. The van der Waals surface area contributed by atoms with Gasteiger partial charge in [0.1, 0.15) is 11.9 Å². The number of rotatable bonds is 4. The number of fused-ring (bicyclic) bond motifs is 3. The van der Waals surface area contributed by atoms with E-state index in [0.717, 1.165) is 66.1 Å². The molecule has 4 nitrogen and oxygen atoms in total. The molecule has 5 heteroatoms. The molecule has 2 aliphatic rings. The zero-order valence-electron chi connectivity index (χ0n) is 17.4. The normalized spacial score (nSPS) is 18.8. The summed E-state index contributed by atoms with van der Waals surface area (Å²) in [6, 6.07) is 17.3. The van der Waals surface area contributed by atoms with Crippen molar-refractivity contribution in [1.29, 1.82) is 0 Å². The van der Waals surface area contributed by atoms with E-state index in [0.29, 0.717) is 6.04 Å². The van der Waals surface area contributed by atoms with Gasteiger partial charge in [-0.3, -0.25) is 9.69 Å². The first-order valence-corrected chi connectivity index (χ1v) is 12.1. The third-order valence-corrected chi connectivity index (χ3v) is 7.54. The van der Waals surface area contributed by atoms with Gasteiger partial charge in [-0.05, 0) is 61.3 Å². The number of benzene rings is 2. The fraction of sp³-hybridized carbons (Fsp3) is 0.400. The van der Waals surface area contributed by atoms with Crippen LogP contribution in [0.3, 0.4) is 0 Å².